The molecule has 1 saturated carbocycles. The molecule has 4 heteroatoms. The van der Waals surface area contributed by atoms with E-state index in [0.717, 1.165) is 0 Å². The minimum absolute atomic E-state index is 0.0269. The Morgan fingerprint density at radius 2 is 1.90 bits per heavy atom. The van der Waals surface area contributed by atoms with Gasteiger partial charge in [-0.25, -0.2) is 4.39 Å². The van der Waals surface area contributed by atoms with Gasteiger partial charge < -0.3 is 10.1 Å². The molecule has 108 valence electrons. The Hall–Kier alpha value is -2.36. The number of nitrogens with one attached hydrogen (secondary N) is 1. The van der Waals surface area contributed by atoms with E-state index >= 15 is 0 Å². The first-order valence-electron chi connectivity index (χ1n) is 6.89. The topological polar surface area (TPSA) is 38.3 Å². The van der Waals surface area contributed by atoms with Crippen molar-refractivity contribution in [3.8, 4) is 5.75 Å². The number of hydrogen-bond donors (Lipinski definition) is 1. The molecular weight excluding hydrogens is 269 g/mol. The molecule has 1 N–H and O–H groups in total. The molecule has 2 unspecified atom stereocenters. The molecular formula is C17H16FNO2. The summed E-state index contributed by atoms with van der Waals surface area (Å²) in [7, 11) is 1.56. The molecule has 0 heterocycles. The first-order chi connectivity index (χ1) is 10.2. The summed E-state index contributed by atoms with van der Waals surface area (Å²) >= 11 is 0. The number of carbonyl (C=O) groups is 1. The molecule has 21 heavy (non-hydrogen) atoms. The van der Waals surface area contributed by atoms with Crippen LogP contribution < -0.4 is 10.1 Å². The number of anilines is 1. The molecule has 3 rings (SSSR count). The molecule has 2 atom stereocenters. The number of ether oxygens (including phenoxy) is 1. The van der Waals surface area contributed by atoms with Gasteiger partial charge >= 0.3 is 0 Å². The van der Waals surface area contributed by atoms with E-state index in [9.17, 15) is 9.18 Å². The van der Waals surface area contributed by atoms with Crippen LogP contribution in [0.1, 0.15) is 17.9 Å². The van der Waals surface area contributed by atoms with Gasteiger partial charge in [0.05, 0.1) is 12.8 Å². The minimum Gasteiger partial charge on any atom is -0.495 e. The van der Waals surface area contributed by atoms with Crippen molar-refractivity contribution in [3.63, 3.8) is 0 Å². The van der Waals surface area contributed by atoms with Crippen LogP contribution in [-0.2, 0) is 4.79 Å². The summed E-state index contributed by atoms with van der Waals surface area (Å²) in [5.41, 5.74) is 1.27. The molecule has 0 spiro atoms. The average molecular weight is 285 g/mol. The molecule has 1 fully saturated rings. The second kappa shape index (κ2) is 5.56. The lowest BCUT2D eigenvalue weighted by Crippen LogP contribution is -2.15. The summed E-state index contributed by atoms with van der Waals surface area (Å²) in [5, 5.41) is 2.86. The summed E-state index contributed by atoms with van der Waals surface area (Å²) in [6.07, 6.45) is 0.682. The number of methoxy groups -OCH3 is 1. The van der Waals surface area contributed by atoms with Gasteiger partial charge in [0.1, 0.15) is 11.6 Å². The van der Waals surface area contributed by atoms with E-state index in [0.29, 0.717) is 23.4 Å². The third-order valence-corrected chi connectivity index (χ3v) is 3.80. The van der Waals surface area contributed by atoms with Crippen LogP contribution in [0.3, 0.4) is 0 Å². The highest BCUT2D eigenvalue weighted by molar-refractivity contribution is 5.96. The number of carbonyl (C=O) groups excluding carboxylic acids is 1. The Balaban J connectivity index is 1.70. The SMILES string of the molecule is COc1ccccc1NC(=O)C1CC1c1ccccc1F. The van der Waals surface area contributed by atoms with Crippen molar-refractivity contribution >= 4 is 11.6 Å². The standard InChI is InChI=1S/C17H16FNO2/c1-21-16-9-5-4-8-15(16)19-17(20)13-10-12(13)11-6-2-3-7-14(11)18/h2-9,12-13H,10H2,1H3,(H,19,20). The zero-order chi connectivity index (χ0) is 14.8. The number of rotatable bonds is 4. The quantitative estimate of drug-likeness (QED) is 0.932. The second-order valence-electron chi connectivity index (χ2n) is 5.16. The van der Waals surface area contributed by atoms with Crippen molar-refractivity contribution < 1.29 is 13.9 Å². The maximum absolute atomic E-state index is 13.7. The summed E-state index contributed by atoms with van der Waals surface area (Å²) in [5.74, 6) is 0.0875. The fourth-order valence-electron chi connectivity index (χ4n) is 2.58. The largest absolute Gasteiger partial charge is 0.495 e. The van der Waals surface area contributed by atoms with Crippen molar-refractivity contribution in [1.29, 1.82) is 0 Å². The monoisotopic (exact) mass is 285 g/mol. The van der Waals surface area contributed by atoms with Crippen molar-refractivity contribution in [2.75, 3.05) is 12.4 Å². The van der Waals surface area contributed by atoms with Gasteiger partial charge in [0.2, 0.25) is 5.91 Å². The molecule has 0 aromatic heterocycles. The molecule has 3 nitrogen and oxygen atoms in total. The fourth-order valence-corrected chi connectivity index (χ4v) is 2.58. The van der Waals surface area contributed by atoms with E-state index in [2.05, 4.69) is 5.32 Å². The zero-order valence-electron chi connectivity index (χ0n) is 11.7. The van der Waals surface area contributed by atoms with Gasteiger partial charge in [0.15, 0.2) is 0 Å². The third-order valence-electron chi connectivity index (χ3n) is 3.80. The molecule has 1 amide bonds. The van der Waals surface area contributed by atoms with Crippen LogP contribution in [0.15, 0.2) is 48.5 Å². The van der Waals surface area contributed by atoms with E-state index in [1.54, 1.807) is 37.4 Å². The van der Waals surface area contributed by atoms with Gasteiger partial charge in [-0.05, 0) is 36.1 Å². The molecule has 0 aliphatic heterocycles. The Bertz CT molecular complexity index is 671. The van der Waals surface area contributed by atoms with Crippen molar-refractivity contribution in [3.05, 3.63) is 59.9 Å². The number of para-hydroxylation sites is 2. The Morgan fingerprint density at radius 1 is 1.19 bits per heavy atom. The smallest absolute Gasteiger partial charge is 0.228 e. The fraction of sp³-hybridized carbons (Fsp3) is 0.235. The Labute approximate surface area is 122 Å². The van der Waals surface area contributed by atoms with E-state index in [1.807, 2.05) is 12.1 Å². The first-order valence-corrected chi connectivity index (χ1v) is 6.89. The summed E-state index contributed by atoms with van der Waals surface area (Å²) < 4.78 is 18.9. The molecule has 0 saturated heterocycles. The van der Waals surface area contributed by atoms with Gasteiger partial charge in [0.25, 0.3) is 0 Å². The van der Waals surface area contributed by atoms with Crippen LogP contribution in [0, 0.1) is 11.7 Å². The van der Waals surface area contributed by atoms with Gasteiger partial charge in [-0.15, -0.1) is 0 Å². The Kier molecular flexibility index (Phi) is 3.60. The Morgan fingerprint density at radius 3 is 2.67 bits per heavy atom. The van der Waals surface area contributed by atoms with Gasteiger partial charge in [-0.2, -0.15) is 0 Å². The van der Waals surface area contributed by atoms with Crippen molar-refractivity contribution in [1.82, 2.24) is 0 Å². The molecule has 2 aromatic carbocycles. The van der Waals surface area contributed by atoms with Crippen LogP contribution in [0.5, 0.6) is 5.75 Å². The molecule has 2 aromatic rings. The molecule has 1 aliphatic rings. The van der Waals surface area contributed by atoms with Gasteiger partial charge in [-0.3, -0.25) is 4.79 Å². The number of amides is 1. The maximum atomic E-state index is 13.7. The highest BCUT2D eigenvalue weighted by Gasteiger charge is 2.45. The third kappa shape index (κ3) is 2.75. The molecule has 0 bridgehead atoms. The number of hydrogen-bond acceptors (Lipinski definition) is 2. The van der Waals surface area contributed by atoms with Crippen LogP contribution in [-0.4, -0.2) is 13.0 Å². The normalized spacial score (nSPS) is 19.9. The molecule has 0 radical (unpaired) electrons. The van der Waals surface area contributed by atoms with Crippen LogP contribution >= 0.6 is 0 Å². The zero-order valence-corrected chi connectivity index (χ0v) is 11.7. The lowest BCUT2D eigenvalue weighted by molar-refractivity contribution is -0.117. The average Bonchev–Trinajstić information content (AvgIpc) is 3.29. The number of halogens is 1. The van der Waals surface area contributed by atoms with Gasteiger partial charge in [-0.1, -0.05) is 30.3 Å². The summed E-state index contributed by atoms with van der Waals surface area (Å²) in [4.78, 5) is 12.2. The van der Waals surface area contributed by atoms with Gasteiger partial charge in [0, 0.05) is 5.92 Å². The van der Waals surface area contributed by atoms with E-state index in [4.69, 9.17) is 4.74 Å². The van der Waals surface area contributed by atoms with Crippen LogP contribution in [0.2, 0.25) is 0 Å². The van der Waals surface area contributed by atoms with Crippen LogP contribution in [0.25, 0.3) is 0 Å². The van der Waals surface area contributed by atoms with E-state index < -0.39 is 0 Å². The highest BCUT2D eigenvalue weighted by atomic mass is 19.1. The molecule has 1 aliphatic carbocycles. The second-order valence-corrected chi connectivity index (χ2v) is 5.16. The summed E-state index contributed by atoms with van der Waals surface area (Å²) in [6.45, 7) is 0. The first kappa shape index (κ1) is 13.6. The highest BCUT2D eigenvalue weighted by Crippen LogP contribution is 2.48. The lowest BCUT2D eigenvalue weighted by atomic mass is 10.1. The lowest BCUT2D eigenvalue weighted by Gasteiger charge is -2.09. The van der Waals surface area contributed by atoms with Crippen molar-refractivity contribution in [2.45, 2.75) is 12.3 Å². The summed E-state index contributed by atoms with van der Waals surface area (Å²) in [6, 6.07) is 13.9. The number of benzene rings is 2. The van der Waals surface area contributed by atoms with Crippen molar-refractivity contribution in [2.24, 2.45) is 5.92 Å². The van der Waals surface area contributed by atoms with E-state index in [1.165, 1.54) is 6.07 Å². The maximum Gasteiger partial charge on any atom is 0.228 e. The van der Waals surface area contributed by atoms with Crippen LogP contribution in [0.4, 0.5) is 10.1 Å². The van der Waals surface area contributed by atoms with E-state index in [-0.39, 0.29) is 23.6 Å². The minimum atomic E-state index is -0.241. The predicted molar refractivity (Wildman–Crippen MR) is 78.9 cm³/mol. The predicted octanol–water partition coefficient (Wildman–Crippen LogP) is 3.58.